The lowest BCUT2D eigenvalue weighted by Crippen LogP contribution is -2.35. The van der Waals surface area contributed by atoms with Crippen LogP contribution < -0.4 is 0 Å². The van der Waals surface area contributed by atoms with Crippen LogP contribution in [0, 0.1) is 0 Å². The Bertz CT molecular complexity index is 510. The van der Waals surface area contributed by atoms with E-state index in [0.29, 0.717) is 18.7 Å². The van der Waals surface area contributed by atoms with E-state index in [1.54, 1.807) is 30.3 Å². The number of sulfonamides is 1. The number of nitrogens with zero attached hydrogens (tertiary/aromatic N) is 1. The van der Waals surface area contributed by atoms with Gasteiger partial charge in [0.1, 0.15) is 0 Å². The van der Waals surface area contributed by atoms with E-state index >= 15 is 0 Å². The summed E-state index contributed by atoms with van der Waals surface area (Å²) in [5.41, 5.74) is 1.45. The molecule has 0 aromatic heterocycles. The van der Waals surface area contributed by atoms with E-state index in [1.165, 1.54) is 11.4 Å². The van der Waals surface area contributed by atoms with Crippen molar-refractivity contribution in [2.75, 3.05) is 26.8 Å². The molecule has 0 bridgehead atoms. The largest absolute Gasteiger partial charge is 0.392 e. The summed E-state index contributed by atoms with van der Waals surface area (Å²) in [5.74, 6) is -0.0732. The number of rotatable bonds is 9. The van der Waals surface area contributed by atoms with Gasteiger partial charge in [-0.25, -0.2) is 8.42 Å². The molecule has 1 aromatic carbocycles. The Morgan fingerprint density at radius 3 is 2.40 bits per heavy atom. The molecule has 0 heterocycles. The molecule has 112 valence electrons. The first-order valence-corrected chi connectivity index (χ1v) is 7.90. The zero-order chi connectivity index (χ0) is 15.0. The molecule has 1 N–H and O–H groups in total. The predicted molar refractivity (Wildman–Crippen MR) is 78.6 cm³/mol. The first-order chi connectivity index (χ1) is 9.53. The molecule has 0 unspecified atom stereocenters. The lowest BCUT2D eigenvalue weighted by atomic mass is 10.2. The van der Waals surface area contributed by atoms with Gasteiger partial charge in [-0.1, -0.05) is 30.3 Å². The molecule has 1 rings (SSSR count). The molecule has 0 aliphatic carbocycles. The van der Waals surface area contributed by atoms with Crippen LogP contribution in [0.25, 0.3) is 0 Å². The lowest BCUT2D eigenvalue weighted by Gasteiger charge is -2.20. The van der Waals surface area contributed by atoms with Crippen molar-refractivity contribution in [1.82, 2.24) is 4.31 Å². The summed E-state index contributed by atoms with van der Waals surface area (Å²) in [7, 11) is -1.88. The Labute approximate surface area is 120 Å². The zero-order valence-corrected chi connectivity index (χ0v) is 12.5. The molecule has 0 fully saturated rings. The molecule has 0 amide bonds. The Morgan fingerprint density at radius 1 is 1.30 bits per heavy atom. The summed E-state index contributed by atoms with van der Waals surface area (Å²) >= 11 is 0. The van der Waals surface area contributed by atoms with Gasteiger partial charge in [0.2, 0.25) is 10.0 Å². The Hall–Kier alpha value is -1.21. The van der Waals surface area contributed by atoms with Crippen molar-refractivity contribution < 1.29 is 18.3 Å². The van der Waals surface area contributed by atoms with Gasteiger partial charge in [-0.15, -0.1) is 6.58 Å². The van der Waals surface area contributed by atoms with Gasteiger partial charge in [0, 0.05) is 20.2 Å². The van der Waals surface area contributed by atoms with Crippen LogP contribution in [-0.2, 0) is 27.1 Å². The third-order valence-corrected chi connectivity index (χ3v) is 4.64. The number of ether oxygens (including phenoxy) is 1. The van der Waals surface area contributed by atoms with Crippen LogP contribution in [-0.4, -0.2) is 44.6 Å². The Kier molecular flexibility index (Phi) is 6.87. The molecule has 0 radical (unpaired) electrons. The normalized spacial score (nSPS) is 11.8. The van der Waals surface area contributed by atoms with E-state index in [4.69, 9.17) is 9.84 Å². The molecule has 0 spiro atoms. The van der Waals surface area contributed by atoms with Crippen LogP contribution in [0.5, 0.6) is 0 Å². The van der Waals surface area contributed by atoms with Crippen molar-refractivity contribution >= 4 is 10.0 Å². The van der Waals surface area contributed by atoms with Gasteiger partial charge in [-0.05, 0) is 11.1 Å². The van der Waals surface area contributed by atoms with Gasteiger partial charge < -0.3 is 9.84 Å². The van der Waals surface area contributed by atoms with E-state index in [2.05, 4.69) is 6.58 Å². The van der Waals surface area contributed by atoms with Crippen molar-refractivity contribution in [3.8, 4) is 0 Å². The SMILES string of the molecule is C=CCN(CCOC)S(=O)(=O)Cc1ccc(CO)cc1. The maximum atomic E-state index is 12.3. The Morgan fingerprint density at radius 2 is 1.90 bits per heavy atom. The van der Waals surface area contributed by atoms with Crippen LogP contribution >= 0.6 is 0 Å². The molecule has 0 atom stereocenters. The van der Waals surface area contributed by atoms with Gasteiger partial charge >= 0.3 is 0 Å². The summed E-state index contributed by atoms with van der Waals surface area (Å²) < 4.78 is 30.9. The fraction of sp³-hybridized carbons (Fsp3) is 0.429. The molecular weight excluding hydrogens is 278 g/mol. The van der Waals surface area contributed by atoms with Crippen LogP contribution in [0.3, 0.4) is 0 Å². The zero-order valence-electron chi connectivity index (χ0n) is 11.7. The van der Waals surface area contributed by atoms with Crippen LogP contribution in [0.2, 0.25) is 0 Å². The second-order valence-electron chi connectivity index (χ2n) is 4.37. The van der Waals surface area contributed by atoms with E-state index in [0.717, 1.165) is 5.56 Å². The molecule has 1 aromatic rings. The topological polar surface area (TPSA) is 66.8 Å². The first kappa shape index (κ1) is 16.8. The molecule has 0 saturated heterocycles. The highest BCUT2D eigenvalue weighted by molar-refractivity contribution is 7.88. The number of aliphatic hydroxyl groups excluding tert-OH is 1. The van der Waals surface area contributed by atoms with E-state index in [-0.39, 0.29) is 18.9 Å². The van der Waals surface area contributed by atoms with Crippen molar-refractivity contribution in [1.29, 1.82) is 0 Å². The summed E-state index contributed by atoms with van der Waals surface area (Å²) in [6, 6.07) is 6.87. The van der Waals surface area contributed by atoms with Crippen molar-refractivity contribution in [3.05, 3.63) is 48.0 Å². The van der Waals surface area contributed by atoms with Crippen molar-refractivity contribution in [2.24, 2.45) is 0 Å². The number of benzene rings is 1. The van der Waals surface area contributed by atoms with Crippen molar-refractivity contribution in [2.45, 2.75) is 12.4 Å². The first-order valence-electron chi connectivity index (χ1n) is 6.30. The van der Waals surface area contributed by atoms with Gasteiger partial charge in [-0.3, -0.25) is 0 Å². The number of aliphatic hydroxyl groups is 1. The second kappa shape index (κ2) is 8.16. The Balaban J connectivity index is 2.81. The smallest absolute Gasteiger partial charge is 0.218 e. The minimum atomic E-state index is -3.41. The van der Waals surface area contributed by atoms with Gasteiger partial charge in [-0.2, -0.15) is 4.31 Å². The third kappa shape index (κ3) is 5.05. The van der Waals surface area contributed by atoms with Crippen molar-refractivity contribution in [3.63, 3.8) is 0 Å². The number of hydrogen-bond acceptors (Lipinski definition) is 4. The van der Waals surface area contributed by atoms with E-state index in [9.17, 15) is 8.42 Å². The van der Waals surface area contributed by atoms with Gasteiger partial charge in [0.25, 0.3) is 0 Å². The van der Waals surface area contributed by atoms with Crippen LogP contribution in [0.4, 0.5) is 0 Å². The molecular formula is C14H21NO4S. The molecule has 0 saturated carbocycles. The quantitative estimate of drug-likeness (QED) is 0.695. The van der Waals surface area contributed by atoms with Gasteiger partial charge in [0.05, 0.1) is 19.0 Å². The standard InChI is InChI=1S/C14H21NO4S/c1-3-8-15(9-10-19-2)20(17,18)12-14-6-4-13(11-16)5-7-14/h3-7,16H,1,8-12H2,2H3. The minimum Gasteiger partial charge on any atom is -0.392 e. The molecule has 0 aliphatic heterocycles. The third-order valence-electron chi connectivity index (χ3n) is 2.83. The molecule has 5 nitrogen and oxygen atoms in total. The van der Waals surface area contributed by atoms with E-state index < -0.39 is 10.0 Å². The lowest BCUT2D eigenvalue weighted by molar-refractivity contribution is 0.182. The summed E-state index contributed by atoms with van der Waals surface area (Å²) in [5, 5.41) is 8.96. The fourth-order valence-electron chi connectivity index (χ4n) is 1.72. The molecule has 6 heteroatoms. The van der Waals surface area contributed by atoms with Crippen LogP contribution in [0.15, 0.2) is 36.9 Å². The highest BCUT2D eigenvalue weighted by Crippen LogP contribution is 2.12. The maximum Gasteiger partial charge on any atom is 0.218 e. The highest BCUT2D eigenvalue weighted by Gasteiger charge is 2.21. The predicted octanol–water partition coefficient (Wildman–Crippen LogP) is 1.14. The number of hydrogen-bond donors (Lipinski definition) is 1. The second-order valence-corrected chi connectivity index (χ2v) is 6.34. The average Bonchev–Trinajstić information content (AvgIpc) is 2.43. The minimum absolute atomic E-state index is 0.0521. The fourth-order valence-corrected chi connectivity index (χ4v) is 3.21. The monoisotopic (exact) mass is 299 g/mol. The maximum absolute atomic E-state index is 12.3. The van der Waals surface area contributed by atoms with E-state index in [1.807, 2.05) is 0 Å². The summed E-state index contributed by atoms with van der Waals surface area (Å²) in [6.45, 7) is 4.44. The van der Waals surface area contributed by atoms with Gasteiger partial charge in [0.15, 0.2) is 0 Å². The number of methoxy groups -OCH3 is 1. The molecule has 20 heavy (non-hydrogen) atoms. The molecule has 0 aliphatic rings. The van der Waals surface area contributed by atoms with Crippen LogP contribution in [0.1, 0.15) is 11.1 Å². The average molecular weight is 299 g/mol. The summed E-state index contributed by atoms with van der Waals surface area (Å²) in [4.78, 5) is 0. The summed E-state index contributed by atoms with van der Waals surface area (Å²) in [6.07, 6.45) is 1.56. The highest BCUT2D eigenvalue weighted by atomic mass is 32.2.